The van der Waals surface area contributed by atoms with Crippen molar-refractivity contribution in [3.8, 4) is 5.75 Å². The fourth-order valence-corrected chi connectivity index (χ4v) is 4.61. The number of hydrogen-bond acceptors (Lipinski definition) is 8. The minimum absolute atomic E-state index is 0.0350. The van der Waals surface area contributed by atoms with Gasteiger partial charge in [-0.15, -0.1) is 0 Å². The van der Waals surface area contributed by atoms with E-state index in [1.165, 1.54) is 12.0 Å². The summed E-state index contributed by atoms with van der Waals surface area (Å²) in [5, 5.41) is 0. The molecule has 9 heteroatoms. The van der Waals surface area contributed by atoms with Gasteiger partial charge in [0.25, 0.3) is 0 Å². The van der Waals surface area contributed by atoms with Crippen LogP contribution in [0.3, 0.4) is 0 Å². The number of allylic oxidation sites excluding steroid dienone is 1. The molecule has 1 atom stereocenters. The van der Waals surface area contributed by atoms with Crippen molar-refractivity contribution in [3.63, 3.8) is 0 Å². The third kappa shape index (κ3) is 2.83. The van der Waals surface area contributed by atoms with Crippen molar-refractivity contribution in [2.75, 3.05) is 20.3 Å². The lowest BCUT2D eigenvalue weighted by molar-refractivity contribution is -0.147. The van der Waals surface area contributed by atoms with Crippen LogP contribution in [0.2, 0.25) is 0 Å². The van der Waals surface area contributed by atoms with E-state index >= 15 is 0 Å². The monoisotopic (exact) mass is 426 g/mol. The van der Waals surface area contributed by atoms with Gasteiger partial charge in [0.2, 0.25) is 11.8 Å². The molecule has 1 spiro atoms. The number of benzene rings is 1. The zero-order valence-corrected chi connectivity index (χ0v) is 17.2. The van der Waals surface area contributed by atoms with Crippen molar-refractivity contribution in [3.05, 3.63) is 52.6 Å². The lowest BCUT2D eigenvalue weighted by atomic mass is 9.65. The molecular formula is C22H22N2O7. The molecule has 1 aromatic carbocycles. The van der Waals surface area contributed by atoms with Crippen molar-refractivity contribution in [2.24, 2.45) is 5.73 Å². The van der Waals surface area contributed by atoms with Crippen LogP contribution >= 0.6 is 0 Å². The molecule has 31 heavy (non-hydrogen) atoms. The Morgan fingerprint density at radius 2 is 1.97 bits per heavy atom. The first-order chi connectivity index (χ1) is 14.9. The van der Waals surface area contributed by atoms with Crippen LogP contribution in [-0.2, 0) is 34.1 Å². The highest BCUT2D eigenvalue weighted by atomic mass is 16.5. The summed E-state index contributed by atoms with van der Waals surface area (Å²) in [7, 11) is 1.21. The van der Waals surface area contributed by atoms with Crippen LogP contribution in [-0.4, -0.2) is 48.8 Å². The number of amides is 1. The Kier molecular flexibility index (Phi) is 5.04. The molecule has 3 aliphatic rings. The normalized spacial score (nSPS) is 22.3. The van der Waals surface area contributed by atoms with Crippen molar-refractivity contribution >= 4 is 23.6 Å². The average molecular weight is 426 g/mol. The Morgan fingerprint density at radius 3 is 2.68 bits per heavy atom. The molecule has 0 radical (unpaired) electrons. The van der Waals surface area contributed by atoms with Gasteiger partial charge >= 0.3 is 11.9 Å². The minimum Gasteiger partial charge on any atom is -0.468 e. The fraction of sp³-hybridized carbons (Fsp3) is 0.364. The fourth-order valence-electron chi connectivity index (χ4n) is 4.61. The van der Waals surface area contributed by atoms with Crippen LogP contribution in [0.25, 0.3) is 0 Å². The maximum atomic E-state index is 14.0. The molecule has 9 nitrogen and oxygen atoms in total. The number of Topliss-reactive ketones (excluding diaryl/α,β-unsaturated/α-hetero) is 1. The maximum Gasteiger partial charge on any atom is 0.341 e. The highest BCUT2D eigenvalue weighted by Crippen LogP contribution is 2.56. The lowest BCUT2D eigenvalue weighted by Gasteiger charge is -2.37. The molecule has 162 valence electrons. The largest absolute Gasteiger partial charge is 0.468 e. The summed E-state index contributed by atoms with van der Waals surface area (Å²) in [5.74, 6) is -2.46. The van der Waals surface area contributed by atoms with Gasteiger partial charge in [-0.05, 0) is 25.8 Å². The van der Waals surface area contributed by atoms with E-state index < -0.39 is 23.3 Å². The van der Waals surface area contributed by atoms with Crippen molar-refractivity contribution in [1.29, 1.82) is 0 Å². The van der Waals surface area contributed by atoms with E-state index in [0.717, 1.165) is 0 Å². The van der Waals surface area contributed by atoms with Crippen LogP contribution in [0.15, 0.2) is 47.0 Å². The number of rotatable bonds is 4. The zero-order valence-electron chi connectivity index (χ0n) is 17.2. The molecule has 4 rings (SSSR count). The second-order valence-electron chi connectivity index (χ2n) is 7.37. The van der Waals surface area contributed by atoms with Crippen LogP contribution in [0, 0.1) is 0 Å². The number of fused-ring (bicyclic) bond motifs is 3. The third-order valence-electron chi connectivity index (χ3n) is 5.78. The number of nitrogens with zero attached hydrogens (tertiary/aromatic N) is 1. The molecule has 1 aliphatic carbocycles. The van der Waals surface area contributed by atoms with Gasteiger partial charge in [0.05, 0.1) is 13.7 Å². The van der Waals surface area contributed by atoms with Gasteiger partial charge < -0.3 is 24.8 Å². The molecule has 2 aliphatic heterocycles. The zero-order chi connectivity index (χ0) is 22.3. The Labute approximate surface area is 178 Å². The van der Waals surface area contributed by atoms with E-state index in [1.54, 1.807) is 31.2 Å². The molecule has 0 saturated heterocycles. The van der Waals surface area contributed by atoms with E-state index in [0.29, 0.717) is 24.1 Å². The van der Waals surface area contributed by atoms with E-state index in [4.69, 9.17) is 19.9 Å². The van der Waals surface area contributed by atoms with Crippen molar-refractivity contribution < 1.29 is 33.4 Å². The van der Waals surface area contributed by atoms with Crippen LogP contribution in [0.1, 0.15) is 31.7 Å². The van der Waals surface area contributed by atoms with Gasteiger partial charge in [-0.1, -0.05) is 18.2 Å². The van der Waals surface area contributed by atoms with Gasteiger partial charge in [-0.2, -0.15) is 0 Å². The highest BCUT2D eigenvalue weighted by molar-refractivity contribution is 6.19. The molecule has 0 bridgehead atoms. The van der Waals surface area contributed by atoms with Gasteiger partial charge in [-0.3, -0.25) is 14.4 Å². The smallest absolute Gasteiger partial charge is 0.341 e. The van der Waals surface area contributed by atoms with Gasteiger partial charge in [0, 0.05) is 23.3 Å². The molecule has 1 unspecified atom stereocenters. The molecule has 0 aromatic heterocycles. The van der Waals surface area contributed by atoms with E-state index in [1.807, 2.05) is 0 Å². The first-order valence-electron chi connectivity index (χ1n) is 9.98. The van der Waals surface area contributed by atoms with Gasteiger partial charge in [0.1, 0.15) is 23.3 Å². The lowest BCUT2D eigenvalue weighted by Crippen LogP contribution is -2.50. The Hall–Kier alpha value is -3.62. The van der Waals surface area contributed by atoms with E-state index in [9.17, 15) is 19.2 Å². The second kappa shape index (κ2) is 7.57. The molecule has 0 fully saturated rings. The summed E-state index contributed by atoms with van der Waals surface area (Å²) in [6.45, 7) is 1.27. The highest BCUT2D eigenvalue weighted by Gasteiger charge is 2.64. The Morgan fingerprint density at radius 1 is 1.23 bits per heavy atom. The number of ether oxygens (including phenoxy) is 3. The number of carbonyl (C=O) groups excluding carboxylic acids is 4. The average Bonchev–Trinajstić information content (AvgIpc) is 2.98. The summed E-state index contributed by atoms with van der Waals surface area (Å²) in [5.41, 5.74) is 4.92. The minimum atomic E-state index is -1.84. The third-order valence-corrected chi connectivity index (χ3v) is 5.78. The summed E-state index contributed by atoms with van der Waals surface area (Å²) >= 11 is 0. The Bertz CT molecular complexity index is 1070. The standard InChI is InChI=1S/C22H22N2O7/c1-3-30-20(27)18-19(23)31-15-10-5-4-7-12(15)22(18)17-13(8-6-9-14(17)25)24(21(22)28)11-16(26)29-2/h4-5,7,10H,3,6,8-9,11,23H2,1-2H3. The molecule has 2 heterocycles. The van der Waals surface area contributed by atoms with Crippen molar-refractivity contribution in [1.82, 2.24) is 4.90 Å². The number of ketones is 1. The summed E-state index contributed by atoms with van der Waals surface area (Å²) < 4.78 is 15.6. The molecule has 2 N–H and O–H groups in total. The maximum absolute atomic E-state index is 14.0. The SMILES string of the molecule is CCOC(=O)C1=C(N)Oc2ccccc2C12C(=O)N(CC(=O)OC)C1=C2C(=O)CCC1. The van der Waals surface area contributed by atoms with Crippen LogP contribution in [0.4, 0.5) is 0 Å². The summed E-state index contributed by atoms with van der Waals surface area (Å²) in [6, 6.07) is 6.60. The van der Waals surface area contributed by atoms with E-state index in [2.05, 4.69) is 0 Å². The molecule has 0 saturated carbocycles. The topological polar surface area (TPSA) is 125 Å². The summed E-state index contributed by atoms with van der Waals surface area (Å²) in [6.07, 6.45) is 1.12. The quantitative estimate of drug-likeness (QED) is 0.709. The first-order valence-corrected chi connectivity index (χ1v) is 9.98. The summed E-state index contributed by atoms with van der Waals surface area (Å²) in [4.78, 5) is 53.6. The molecule has 1 aromatic rings. The number of para-hydroxylation sites is 1. The number of esters is 2. The first kappa shape index (κ1) is 20.6. The predicted octanol–water partition coefficient (Wildman–Crippen LogP) is 1.07. The van der Waals surface area contributed by atoms with Crippen LogP contribution < -0.4 is 10.5 Å². The predicted molar refractivity (Wildman–Crippen MR) is 106 cm³/mol. The van der Waals surface area contributed by atoms with E-state index in [-0.39, 0.29) is 48.1 Å². The number of nitrogens with two attached hydrogens (primary N) is 1. The Balaban J connectivity index is 2.06. The van der Waals surface area contributed by atoms with Crippen molar-refractivity contribution in [2.45, 2.75) is 31.6 Å². The number of hydrogen-bond donors (Lipinski definition) is 1. The van der Waals surface area contributed by atoms with Gasteiger partial charge in [-0.25, -0.2) is 4.79 Å². The molecular weight excluding hydrogens is 404 g/mol. The number of carbonyl (C=O) groups is 4. The molecule has 1 amide bonds. The second-order valence-corrected chi connectivity index (χ2v) is 7.37. The number of methoxy groups -OCH3 is 1. The van der Waals surface area contributed by atoms with Crippen LogP contribution in [0.5, 0.6) is 5.75 Å². The van der Waals surface area contributed by atoms with Gasteiger partial charge in [0.15, 0.2) is 5.78 Å².